The van der Waals surface area contributed by atoms with Crippen molar-refractivity contribution < 1.29 is 18.7 Å². The third kappa shape index (κ3) is 4.58. The monoisotopic (exact) mass is 367 g/mol. The molecule has 3 aromatic rings. The Hall–Kier alpha value is -3.48. The van der Waals surface area contributed by atoms with Gasteiger partial charge in [-0.2, -0.15) is 0 Å². The number of hydrogen-bond donors (Lipinski definition) is 1. The number of aryl methyl sites for hydroxylation is 1. The Bertz CT molecular complexity index is 920. The molecule has 0 saturated heterocycles. The fraction of sp³-hybridized carbons (Fsp3) is 0.150. The predicted molar refractivity (Wildman–Crippen MR) is 96.9 cm³/mol. The lowest BCUT2D eigenvalue weighted by Gasteiger charge is -2.19. The first kappa shape index (κ1) is 18.3. The summed E-state index contributed by atoms with van der Waals surface area (Å²) in [5.41, 5.74) is 1.23. The topological polar surface area (TPSA) is 73.2 Å². The van der Waals surface area contributed by atoms with Gasteiger partial charge in [0.05, 0.1) is 0 Å². The zero-order chi connectivity index (χ0) is 19.2. The second-order valence-electron chi connectivity index (χ2n) is 5.92. The Kier molecular flexibility index (Phi) is 5.61. The highest BCUT2D eigenvalue weighted by Crippen LogP contribution is 2.21. The zero-order valence-electron chi connectivity index (χ0n) is 14.6. The van der Waals surface area contributed by atoms with Crippen LogP contribution in [0.25, 0.3) is 0 Å². The Labute approximate surface area is 155 Å². The zero-order valence-corrected chi connectivity index (χ0v) is 14.6. The van der Waals surface area contributed by atoms with E-state index in [4.69, 9.17) is 4.74 Å². The van der Waals surface area contributed by atoms with Crippen LogP contribution in [0.5, 0.6) is 5.75 Å². The van der Waals surface area contributed by atoms with Gasteiger partial charge in [-0.25, -0.2) is 9.37 Å². The summed E-state index contributed by atoms with van der Waals surface area (Å²) in [7, 11) is 1.82. The number of imidazole rings is 1. The van der Waals surface area contributed by atoms with E-state index < -0.39 is 6.04 Å². The van der Waals surface area contributed by atoms with Gasteiger partial charge in [0.1, 0.15) is 29.7 Å². The van der Waals surface area contributed by atoms with Crippen molar-refractivity contribution in [2.24, 2.45) is 7.05 Å². The quantitative estimate of drug-likeness (QED) is 0.652. The minimum absolute atomic E-state index is 0.206. The van der Waals surface area contributed by atoms with Gasteiger partial charge in [-0.3, -0.25) is 9.59 Å². The van der Waals surface area contributed by atoms with Crippen molar-refractivity contribution in [1.29, 1.82) is 0 Å². The van der Waals surface area contributed by atoms with Gasteiger partial charge in [0.2, 0.25) is 0 Å². The number of benzene rings is 2. The molecular formula is C20H18FN3O3. The largest absolute Gasteiger partial charge is 0.484 e. The molecule has 0 aliphatic heterocycles. The van der Waals surface area contributed by atoms with E-state index in [1.165, 1.54) is 12.1 Å². The Morgan fingerprint density at radius 2 is 1.93 bits per heavy atom. The summed E-state index contributed by atoms with van der Waals surface area (Å²) in [6.07, 6.45) is 4.13. The van der Waals surface area contributed by atoms with Crippen LogP contribution in [0.3, 0.4) is 0 Å². The number of rotatable bonds is 7. The molecule has 1 N–H and O–H groups in total. The van der Waals surface area contributed by atoms with Gasteiger partial charge in [0.25, 0.3) is 5.91 Å². The lowest BCUT2D eigenvalue weighted by molar-refractivity contribution is -0.123. The number of carbonyl (C=O) groups is 2. The summed E-state index contributed by atoms with van der Waals surface area (Å²) in [5, 5.41) is 2.86. The molecule has 1 aromatic heterocycles. The molecule has 138 valence electrons. The van der Waals surface area contributed by atoms with E-state index in [2.05, 4.69) is 10.3 Å². The second kappa shape index (κ2) is 8.27. The summed E-state index contributed by atoms with van der Waals surface area (Å²) >= 11 is 0. The molecule has 0 fully saturated rings. The maximum atomic E-state index is 13.2. The van der Waals surface area contributed by atoms with E-state index in [9.17, 15) is 14.0 Å². The average molecular weight is 367 g/mol. The molecule has 0 spiro atoms. The van der Waals surface area contributed by atoms with Crippen LogP contribution in [0.2, 0.25) is 0 Å². The van der Waals surface area contributed by atoms with Crippen molar-refractivity contribution >= 4 is 12.2 Å². The smallest absolute Gasteiger partial charge is 0.258 e. The van der Waals surface area contributed by atoms with E-state index in [1.807, 2.05) is 7.05 Å². The maximum absolute atomic E-state index is 13.2. The van der Waals surface area contributed by atoms with Crippen molar-refractivity contribution in [1.82, 2.24) is 14.9 Å². The number of hydrogen-bond acceptors (Lipinski definition) is 4. The molecule has 27 heavy (non-hydrogen) atoms. The number of ether oxygens (including phenoxy) is 1. The van der Waals surface area contributed by atoms with Gasteiger partial charge in [-0.1, -0.05) is 12.1 Å². The predicted octanol–water partition coefficient (Wildman–Crippen LogP) is 2.66. The van der Waals surface area contributed by atoms with E-state index >= 15 is 0 Å². The van der Waals surface area contributed by atoms with Gasteiger partial charge in [0.15, 0.2) is 6.61 Å². The highest BCUT2D eigenvalue weighted by Gasteiger charge is 2.21. The van der Waals surface area contributed by atoms with Crippen LogP contribution < -0.4 is 10.1 Å². The molecule has 0 aliphatic rings. The van der Waals surface area contributed by atoms with Crippen LogP contribution in [0.15, 0.2) is 60.9 Å². The van der Waals surface area contributed by atoms with Gasteiger partial charge in [0, 0.05) is 25.0 Å². The highest BCUT2D eigenvalue weighted by atomic mass is 19.1. The van der Waals surface area contributed by atoms with Crippen molar-refractivity contribution in [3.8, 4) is 5.75 Å². The molecule has 0 bridgehead atoms. The van der Waals surface area contributed by atoms with Crippen molar-refractivity contribution in [3.63, 3.8) is 0 Å². The number of amides is 1. The molecular weight excluding hydrogens is 349 g/mol. The summed E-state index contributed by atoms with van der Waals surface area (Å²) in [4.78, 5) is 27.3. The molecule has 3 rings (SSSR count). The minimum atomic E-state index is -0.542. The van der Waals surface area contributed by atoms with E-state index in [0.717, 1.165) is 6.29 Å². The molecule has 0 radical (unpaired) electrons. The number of nitrogens with zero attached hydrogens (tertiary/aromatic N) is 2. The molecule has 2 aromatic carbocycles. The number of aromatic nitrogens is 2. The molecule has 1 heterocycles. The summed E-state index contributed by atoms with van der Waals surface area (Å²) in [6.45, 7) is -0.206. The molecule has 1 unspecified atom stereocenters. The second-order valence-corrected chi connectivity index (χ2v) is 5.92. The molecule has 1 amide bonds. The van der Waals surface area contributed by atoms with E-state index in [0.29, 0.717) is 22.7 Å². The lowest BCUT2D eigenvalue weighted by Crippen LogP contribution is -2.34. The summed E-state index contributed by atoms with van der Waals surface area (Å²) < 4.78 is 20.5. The van der Waals surface area contributed by atoms with Crippen LogP contribution >= 0.6 is 0 Å². The van der Waals surface area contributed by atoms with Gasteiger partial charge < -0.3 is 14.6 Å². The number of nitrogens with one attached hydrogen (secondary N) is 1. The van der Waals surface area contributed by atoms with Crippen LogP contribution in [0, 0.1) is 5.82 Å². The molecule has 1 atom stereocenters. The van der Waals surface area contributed by atoms with E-state index in [-0.39, 0.29) is 18.3 Å². The molecule has 6 nitrogen and oxygen atoms in total. The Morgan fingerprint density at radius 1 is 1.22 bits per heavy atom. The number of carbonyl (C=O) groups excluding carboxylic acids is 2. The van der Waals surface area contributed by atoms with Gasteiger partial charge in [-0.15, -0.1) is 0 Å². The molecule has 0 saturated carbocycles. The Morgan fingerprint density at radius 3 is 2.52 bits per heavy atom. The van der Waals surface area contributed by atoms with Gasteiger partial charge >= 0.3 is 0 Å². The van der Waals surface area contributed by atoms with Crippen LogP contribution in [0.4, 0.5) is 4.39 Å². The first-order valence-corrected chi connectivity index (χ1v) is 8.27. The summed E-state index contributed by atoms with van der Waals surface area (Å²) in [6, 6.07) is 11.8. The first-order valence-electron chi connectivity index (χ1n) is 8.27. The molecule has 7 heteroatoms. The normalized spacial score (nSPS) is 11.6. The van der Waals surface area contributed by atoms with Crippen molar-refractivity contribution in [3.05, 3.63) is 83.7 Å². The maximum Gasteiger partial charge on any atom is 0.258 e. The Balaban J connectivity index is 1.71. The lowest BCUT2D eigenvalue weighted by atomic mass is 10.1. The standard InChI is InChI=1S/C20H18FN3O3/c1-24-11-10-22-20(24)19(15-4-6-16(21)7-5-15)23-18(26)13-27-17-8-2-14(12-25)3-9-17/h2-12,19H,13H2,1H3,(H,23,26). The van der Waals surface area contributed by atoms with Crippen LogP contribution in [-0.2, 0) is 11.8 Å². The SMILES string of the molecule is Cn1ccnc1C(NC(=O)COc1ccc(C=O)cc1)c1ccc(F)cc1. The van der Waals surface area contributed by atoms with E-state index in [1.54, 1.807) is 53.4 Å². The third-order valence-electron chi connectivity index (χ3n) is 4.01. The summed E-state index contributed by atoms with van der Waals surface area (Å²) in [5.74, 6) is 0.383. The average Bonchev–Trinajstić information content (AvgIpc) is 3.11. The van der Waals surface area contributed by atoms with Crippen molar-refractivity contribution in [2.75, 3.05) is 6.61 Å². The minimum Gasteiger partial charge on any atom is -0.484 e. The van der Waals surface area contributed by atoms with Crippen LogP contribution in [0.1, 0.15) is 27.8 Å². The number of halogens is 1. The first-order chi connectivity index (χ1) is 13.1. The van der Waals surface area contributed by atoms with Crippen LogP contribution in [-0.4, -0.2) is 28.4 Å². The van der Waals surface area contributed by atoms with Gasteiger partial charge in [-0.05, 0) is 42.0 Å². The van der Waals surface area contributed by atoms with Crippen molar-refractivity contribution in [2.45, 2.75) is 6.04 Å². The fourth-order valence-electron chi connectivity index (χ4n) is 2.60. The fourth-order valence-corrected chi connectivity index (χ4v) is 2.60. The molecule has 0 aliphatic carbocycles. The third-order valence-corrected chi connectivity index (χ3v) is 4.01. The highest BCUT2D eigenvalue weighted by molar-refractivity contribution is 5.78. The number of aldehydes is 1.